The molecule has 4 nitrogen and oxygen atoms in total. The highest BCUT2D eigenvalue weighted by atomic mass is 16.5. The van der Waals surface area contributed by atoms with E-state index < -0.39 is 5.54 Å². The van der Waals surface area contributed by atoms with Crippen molar-refractivity contribution in [2.24, 2.45) is 0 Å². The van der Waals surface area contributed by atoms with Gasteiger partial charge in [-0.3, -0.25) is 0 Å². The van der Waals surface area contributed by atoms with E-state index in [0.29, 0.717) is 24.1 Å². The molecule has 1 fully saturated rings. The van der Waals surface area contributed by atoms with Crippen molar-refractivity contribution in [2.45, 2.75) is 31.3 Å². The molecule has 2 rings (SSSR count). The first-order chi connectivity index (χ1) is 8.67. The number of nitrogens with one attached hydrogen (secondary N) is 1. The molecule has 0 spiro atoms. The summed E-state index contributed by atoms with van der Waals surface area (Å²) in [7, 11) is 1.62. The summed E-state index contributed by atoms with van der Waals surface area (Å²) in [6.07, 6.45) is 2.37. The summed E-state index contributed by atoms with van der Waals surface area (Å²) in [6.45, 7) is 2.44. The van der Waals surface area contributed by atoms with Crippen molar-refractivity contribution in [1.29, 1.82) is 0 Å². The van der Waals surface area contributed by atoms with Crippen molar-refractivity contribution in [1.82, 2.24) is 5.32 Å². The number of hydrogen-bond donors (Lipinski definition) is 2. The molecular weight excluding hydrogens is 230 g/mol. The monoisotopic (exact) mass is 251 g/mol. The van der Waals surface area contributed by atoms with E-state index >= 15 is 0 Å². The smallest absolute Gasteiger partial charge is 0.161 e. The maximum atomic E-state index is 9.49. The van der Waals surface area contributed by atoms with Gasteiger partial charge in [0.15, 0.2) is 11.5 Å². The van der Waals surface area contributed by atoms with Crippen molar-refractivity contribution in [3.8, 4) is 11.5 Å². The van der Waals surface area contributed by atoms with Crippen LogP contribution in [0.25, 0.3) is 0 Å². The summed E-state index contributed by atoms with van der Waals surface area (Å²) in [5.74, 6) is 1.42. The quantitative estimate of drug-likeness (QED) is 0.772. The van der Waals surface area contributed by atoms with Crippen LogP contribution in [0.4, 0.5) is 0 Å². The van der Waals surface area contributed by atoms with Gasteiger partial charge >= 0.3 is 0 Å². The lowest BCUT2D eigenvalue weighted by atomic mass is 10.1. The fourth-order valence-corrected chi connectivity index (χ4v) is 1.83. The molecule has 1 unspecified atom stereocenters. The summed E-state index contributed by atoms with van der Waals surface area (Å²) >= 11 is 0. The average Bonchev–Trinajstić information content (AvgIpc) is 3.20. The highest BCUT2D eigenvalue weighted by Crippen LogP contribution is 2.27. The molecule has 0 amide bonds. The molecule has 0 saturated heterocycles. The Hall–Kier alpha value is -1.26. The molecule has 1 aromatic carbocycles. The molecule has 1 aromatic rings. The maximum absolute atomic E-state index is 9.49. The molecule has 4 heteroatoms. The van der Waals surface area contributed by atoms with Crippen molar-refractivity contribution < 1.29 is 14.6 Å². The summed E-state index contributed by atoms with van der Waals surface area (Å²) in [6, 6.07) is 8.07. The Morgan fingerprint density at radius 1 is 1.33 bits per heavy atom. The van der Waals surface area contributed by atoms with Gasteiger partial charge in [-0.05, 0) is 31.9 Å². The fraction of sp³-hybridized carbons (Fsp3) is 0.571. The second-order valence-electron chi connectivity index (χ2n) is 5.08. The largest absolute Gasteiger partial charge is 0.493 e. The fourth-order valence-electron chi connectivity index (χ4n) is 1.83. The second kappa shape index (κ2) is 5.59. The van der Waals surface area contributed by atoms with Gasteiger partial charge in [-0.2, -0.15) is 0 Å². The number of methoxy groups -OCH3 is 1. The predicted molar refractivity (Wildman–Crippen MR) is 70.1 cm³/mol. The zero-order chi connectivity index (χ0) is 13.0. The molecule has 1 aliphatic carbocycles. The van der Waals surface area contributed by atoms with Gasteiger partial charge in [0.2, 0.25) is 0 Å². The molecule has 0 heterocycles. The van der Waals surface area contributed by atoms with E-state index in [1.54, 1.807) is 7.11 Å². The first-order valence-electron chi connectivity index (χ1n) is 6.31. The SMILES string of the molecule is COc1ccccc1OCC(C)(CO)NC1CC1. The normalized spacial score (nSPS) is 18.2. The van der Waals surface area contributed by atoms with Crippen LogP contribution in [0.1, 0.15) is 19.8 Å². The third-order valence-electron chi connectivity index (χ3n) is 3.09. The van der Waals surface area contributed by atoms with Gasteiger partial charge in [0.05, 0.1) is 19.3 Å². The lowest BCUT2D eigenvalue weighted by molar-refractivity contribution is 0.112. The minimum absolute atomic E-state index is 0.0542. The predicted octanol–water partition coefficient (Wildman–Crippen LogP) is 1.58. The van der Waals surface area contributed by atoms with Crippen LogP contribution in [0.2, 0.25) is 0 Å². The zero-order valence-corrected chi connectivity index (χ0v) is 11.0. The molecule has 18 heavy (non-hydrogen) atoms. The topological polar surface area (TPSA) is 50.7 Å². The van der Waals surface area contributed by atoms with Crippen LogP contribution in [0.15, 0.2) is 24.3 Å². The highest BCUT2D eigenvalue weighted by molar-refractivity contribution is 5.39. The van der Waals surface area contributed by atoms with E-state index in [1.165, 1.54) is 12.8 Å². The van der Waals surface area contributed by atoms with Crippen LogP contribution >= 0.6 is 0 Å². The maximum Gasteiger partial charge on any atom is 0.161 e. The van der Waals surface area contributed by atoms with Crippen molar-refractivity contribution in [3.05, 3.63) is 24.3 Å². The molecule has 1 aliphatic rings. The molecule has 1 saturated carbocycles. The standard InChI is InChI=1S/C14H21NO3/c1-14(9-16,15-11-7-8-11)10-18-13-6-4-3-5-12(13)17-2/h3-6,11,15-16H,7-10H2,1-2H3. The number of ether oxygens (including phenoxy) is 2. The summed E-state index contributed by atoms with van der Waals surface area (Å²) in [5.41, 5.74) is -0.401. The number of hydrogen-bond acceptors (Lipinski definition) is 4. The summed E-state index contributed by atoms with van der Waals surface area (Å²) < 4.78 is 11.0. The van der Waals surface area contributed by atoms with Crippen molar-refractivity contribution in [3.63, 3.8) is 0 Å². The molecule has 100 valence electrons. The van der Waals surface area contributed by atoms with Crippen molar-refractivity contribution in [2.75, 3.05) is 20.3 Å². The van der Waals surface area contributed by atoms with E-state index in [-0.39, 0.29) is 6.61 Å². The molecule has 0 radical (unpaired) electrons. The molecule has 1 atom stereocenters. The van der Waals surface area contributed by atoms with Crippen LogP contribution in [0.5, 0.6) is 11.5 Å². The average molecular weight is 251 g/mol. The third kappa shape index (κ3) is 3.37. The Balaban J connectivity index is 1.95. The Labute approximate surface area is 108 Å². The van der Waals surface area contributed by atoms with Gasteiger partial charge in [-0.25, -0.2) is 0 Å². The number of benzene rings is 1. The van der Waals surface area contributed by atoms with Gasteiger partial charge in [-0.15, -0.1) is 0 Å². The van der Waals surface area contributed by atoms with Crippen LogP contribution in [-0.4, -0.2) is 37.0 Å². The highest BCUT2D eigenvalue weighted by Gasteiger charge is 2.32. The zero-order valence-electron chi connectivity index (χ0n) is 11.0. The Morgan fingerprint density at radius 3 is 2.56 bits per heavy atom. The lowest BCUT2D eigenvalue weighted by Gasteiger charge is -2.29. The molecule has 2 N–H and O–H groups in total. The Bertz CT molecular complexity index is 392. The second-order valence-corrected chi connectivity index (χ2v) is 5.08. The number of aliphatic hydroxyl groups is 1. The first kappa shape index (κ1) is 13.2. The van der Waals surface area contributed by atoms with Crippen LogP contribution in [-0.2, 0) is 0 Å². The minimum Gasteiger partial charge on any atom is -0.493 e. The van der Waals surface area contributed by atoms with E-state index in [4.69, 9.17) is 9.47 Å². The van der Waals surface area contributed by atoms with E-state index in [0.717, 1.165) is 0 Å². The number of rotatable bonds is 7. The van der Waals surface area contributed by atoms with E-state index in [1.807, 2.05) is 31.2 Å². The van der Waals surface area contributed by atoms with Crippen LogP contribution < -0.4 is 14.8 Å². The Morgan fingerprint density at radius 2 is 2.00 bits per heavy atom. The van der Waals surface area contributed by atoms with Gasteiger partial charge in [-0.1, -0.05) is 12.1 Å². The molecular formula is C14H21NO3. The summed E-state index contributed by atoms with van der Waals surface area (Å²) in [4.78, 5) is 0. The number of aliphatic hydroxyl groups excluding tert-OH is 1. The van der Waals surface area contributed by atoms with Gasteiger partial charge in [0, 0.05) is 6.04 Å². The first-order valence-corrected chi connectivity index (χ1v) is 6.31. The summed E-state index contributed by atoms with van der Waals surface area (Å²) in [5, 5.41) is 12.9. The minimum atomic E-state index is -0.401. The molecule has 0 aromatic heterocycles. The van der Waals surface area contributed by atoms with Gasteiger partial charge < -0.3 is 19.9 Å². The van der Waals surface area contributed by atoms with Crippen molar-refractivity contribution >= 4 is 0 Å². The number of para-hydroxylation sites is 2. The third-order valence-corrected chi connectivity index (χ3v) is 3.09. The van der Waals surface area contributed by atoms with Gasteiger partial charge in [0.25, 0.3) is 0 Å². The van der Waals surface area contributed by atoms with Crippen LogP contribution in [0, 0.1) is 0 Å². The van der Waals surface area contributed by atoms with Crippen LogP contribution in [0.3, 0.4) is 0 Å². The molecule has 0 aliphatic heterocycles. The van der Waals surface area contributed by atoms with E-state index in [9.17, 15) is 5.11 Å². The Kier molecular flexibility index (Phi) is 4.09. The van der Waals surface area contributed by atoms with Gasteiger partial charge in [0.1, 0.15) is 6.61 Å². The van der Waals surface area contributed by atoms with E-state index in [2.05, 4.69) is 5.32 Å². The lowest BCUT2D eigenvalue weighted by Crippen LogP contribution is -2.51. The molecule has 0 bridgehead atoms.